The van der Waals surface area contributed by atoms with E-state index in [0.717, 1.165) is 0 Å². The van der Waals surface area contributed by atoms with Gasteiger partial charge >= 0.3 is 0 Å². The number of ether oxygens (including phenoxy) is 1. The van der Waals surface area contributed by atoms with Crippen molar-refractivity contribution in [3.05, 3.63) is 23.8 Å². The number of sulfonamides is 1. The number of amides is 1. The quantitative estimate of drug-likeness (QED) is 0.454. The zero-order chi connectivity index (χ0) is 14.5. The molecule has 8 heteroatoms. The van der Waals surface area contributed by atoms with Crippen LogP contribution in [0.2, 0.25) is 0 Å². The van der Waals surface area contributed by atoms with Crippen molar-refractivity contribution in [3.8, 4) is 0 Å². The third kappa shape index (κ3) is 4.86. The molecule has 0 aromatic heterocycles. The Kier molecular flexibility index (Phi) is 5.28. The molecule has 0 aliphatic rings. The van der Waals surface area contributed by atoms with Crippen LogP contribution in [-0.2, 0) is 19.6 Å². The van der Waals surface area contributed by atoms with Crippen molar-refractivity contribution in [2.75, 3.05) is 25.5 Å². The van der Waals surface area contributed by atoms with Gasteiger partial charge in [0.1, 0.15) is 6.61 Å². The molecule has 0 heterocycles. The number of nitrogen functional groups attached to an aromatic ring is 1. The second-order valence-corrected chi connectivity index (χ2v) is 5.68. The topological polar surface area (TPSA) is 125 Å². The van der Waals surface area contributed by atoms with Crippen LogP contribution < -0.4 is 16.2 Å². The molecule has 1 aromatic carbocycles. The maximum absolute atomic E-state index is 12.0. The molecule has 5 N–H and O–H groups in total. The van der Waals surface area contributed by atoms with Crippen molar-refractivity contribution in [3.63, 3.8) is 0 Å². The minimum absolute atomic E-state index is 0.0550. The zero-order valence-corrected chi connectivity index (χ0v) is 11.4. The van der Waals surface area contributed by atoms with E-state index in [1.807, 2.05) is 0 Å². The van der Waals surface area contributed by atoms with E-state index in [4.69, 9.17) is 16.2 Å². The summed E-state index contributed by atoms with van der Waals surface area (Å²) in [5.74, 6) is -0.600. The molecule has 1 amide bonds. The lowest BCUT2D eigenvalue weighted by atomic mass is 10.2. The summed E-state index contributed by atoms with van der Waals surface area (Å²) < 4.78 is 31.1. The van der Waals surface area contributed by atoms with Crippen LogP contribution >= 0.6 is 0 Å². The van der Waals surface area contributed by atoms with Crippen LogP contribution in [0.1, 0.15) is 5.56 Å². The summed E-state index contributed by atoms with van der Waals surface area (Å²) in [6, 6.07) is 4.54. The highest BCUT2D eigenvalue weighted by Crippen LogP contribution is 2.17. The number of anilines is 1. The molecule has 0 fully saturated rings. The predicted octanol–water partition coefficient (Wildman–Crippen LogP) is -0.643. The Balaban J connectivity index is 2.59. The number of carbonyl (C=O) groups excluding carboxylic acids is 1. The van der Waals surface area contributed by atoms with Crippen LogP contribution in [0.3, 0.4) is 0 Å². The minimum atomic E-state index is -3.61. The van der Waals surface area contributed by atoms with E-state index in [2.05, 4.69) is 4.72 Å². The first-order valence-electron chi connectivity index (χ1n) is 5.55. The smallest absolute Gasteiger partial charge is 0.243 e. The summed E-state index contributed by atoms with van der Waals surface area (Å²) in [6.45, 7) is 1.55. The first-order valence-corrected chi connectivity index (χ1v) is 7.03. The summed E-state index contributed by atoms with van der Waals surface area (Å²) in [4.78, 5) is 10.6. The van der Waals surface area contributed by atoms with E-state index in [1.54, 1.807) is 13.0 Å². The fraction of sp³-hybridized carbons (Fsp3) is 0.364. The van der Waals surface area contributed by atoms with Gasteiger partial charge < -0.3 is 16.2 Å². The van der Waals surface area contributed by atoms with Gasteiger partial charge in [-0.3, -0.25) is 4.79 Å². The fourth-order valence-electron chi connectivity index (χ4n) is 1.47. The maximum atomic E-state index is 12.0. The third-order valence-corrected chi connectivity index (χ3v) is 3.89. The van der Waals surface area contributed by atoms with Gasteiger partial charge in [0, 0.05) is 12.2 Å². The van der Waals surface area contributed by atoms with Gasteiger partial charge in [-0.2, -0.15) is 0 Å². The van der Waals surface area contributed by atoms with Crippen molar-refractivity contribution in [2.24, 2.45) is 5.73 Å². The molecule has 0 saturated heterocycles. The average molecular weight is 287 g/mol. The van der Waals surface area contributed by atoms with Gasteiger partial charge in [0.15, 0.2) is 0 Å². The summed E-state index contributed by atoms with van der Waals surface area (Å²) in [5, 5.41) is 0. The van der Waals surface area contributed by atoms with E-state index in [1.165, 1.54) is 12.1 Å². The number of carbonyl (C=O) groups is 1. The van der Waals surface area contributed by atoms with Crippen molar-refractivity contribution in [1.29, 1.82) is 0 Å². The van der Waals surface area contributed by atoms with E-state index >= 15 is 0 Å². The number of aryl methyl sites for hydroxylation is 1. The second kappa shape index (κ2) is 6.50. The van der Waals surface area contributed by atoms with Crippen LogP contribution in [0.4, 0.5) is 5.69 Å². The van der Waals surface area contributed by atoms with Crippen molar-refractivity contribution >= 4 is 21.6 Å². The van der Waals surface area contributed by atoms with Gasteiger partial charge in [0.2, 0.25) is 15.9 Å². The van der Waals surface area contributed by atoms with Crippen LogP contribution in [0.5, 0.6) is 0 Å². The molecule has 0 unspecified atom stereocenters. The molecule has 0 saturated carbocycles. The van der Waals surface area contributed by atoms with Gasteiger partial charge in [0.05, 0.1) is 11.5 Å². The minimum Gasteiger partial charge on any atom is -0.399 e. The standard InChI is InChI=1S/C11H17N3O4S/c1-8-6-9(12)2-3-10(8)19(16,17)14-4-5-18-7-11(13)15/h2-3,6,14H,4-5,7,12H2,1H3,(H2,13,15). The van der Waals surface area contributed by atoms with Crippen LogP contribution in [0, 0.1) is 6.92 Å². The highest BCUT2D eigenvalue weighted by Gasteiger charge is 2.15. The number of benzene rings is 1. The maximum Gasteiger partial charge on any atom is 0.243 e. The first kappa shape index (κ1) is 15.4. The lowest BCUT2D eigenvalue weighted by Crippen LogP contribution is -2.29. The molecule has 7 nitrogen and oxygen atoms in total. The van der Waals surface area contributed by atoms with Crippen molar-refractivity contribution < 1.29 is 17.9 Å². The third-order valence-electron chi connectivity index (χ3n) is 2.27. The highest BCUT2D eigenvalue weighted by atomic mass is 32.2. The molecule has 0 spiro atoms. The second-order valence-electron chi connectivity index (χ2n) is 3.94. The van der Waals surface area contributed by atoms with E-state index in [9.17, 15) is 13.2 Å². The van der Waals surface area contributed by atoms with E-state index in [0.29, 0.717) is 11.3 Å². The first-order chi connectivity index (χ1) is 8.83. The van der Waals surface area contributed by atoms with Gasteiger partial charge in [-0.15, -0.1) is 0 Å². The summed E-state index contributed by atoms with van der Waals surface area (Å²) in [6.07, 6.45) is 0. The largest absolute Gasteiger partial charge is 0.399 e. The highest BCUT2D eigenvalue weighted by molar-refractivity contribution is 7.89. The van der Waals surface area contributed by atoms with Crippen molar-refractivity contribution in [1.82, 2.24) is 4.72 Å². The molecular weight excluding hydrogens is 270 g/mol. The molecule has 0 aliphatic carbocycles. The average Bonchev–Trinajstić information content (AvgIpc) is 2.27. The normalized spacial score (nSPS) is 11.4. The molecule has 106 valence electrons. The Hall–Kier alpha value is -1.64. The van der Waals surface area contributed by atoms with Crippen LogP contribution in [0.25, 0.3) is 0 Å². The lowest BCUT2D eigenvalue weighted by molar-refractivity contribution is -0.122. The SMILES string of the molecule is Cc1cc(N)ccc1S(=O)(=O)NCCOCC(N)=O. The van der Waals surface area contributed by atoms with Gasteiger partial charge in [-0.1, -0.05) is 0 Å². The number of hydrogen-bond donors (Lipinski definition) is 3. The lowest BCUT2D eigenvalue weighted by Gasteiger charge is -2.09. The Bertz CT molecular complexity index is 557. The van der Waals surface area contributed by atoms with Crippen molar-refractivity contribution in [2.45, 2.75) is 11.8 Å². The molecule has 0 aliphatic heterocycles. The molecule has 19 heavy (non-hydrogen) atoms. The Labute approximate surface area is 112 Å². The number of hydrogen-bond acceptors (Lipinski definition) is 5. The number of nitrogens with two attached hydrogens (primary N) is 2. The zero-order valence-electron chi connectivity index (χ0n) is 10.5. The van der Waals surface area contributed by atoms with Gasteiger partial charge in [-0.25, -0.2) is 13.1 Å². The van der Waals surface area contributed by atoms with Crippen LogP contribution in [-0.4, -0.2) is 34.1 Å². The molecular formula is C11H17N3O4S. The molecule has 0 atom stereocenters. The van der Waals surface area contributed by atoms with Gasteiger partial charge in [0.25, 0.3) is 0 Å². The fourth-order valence-corrected chi connectivity index (χ4v) is 2.71. The van der Waals surface area contributed by atoms with Gasteiger partial charge in [-0.05, 0) is 30.7 Å². The predicted molar refractivity (Wildman–Crippen MR) is 70.8 cm³/mol. The molecule has 0 bridgehead atoms. The molecule has 0 radical (unpaired) electrons. The molecule has 1 rings (SSSR count). The monoisotopic (exact) mass is 287 g/mol. The Morgan fingerprint density at radius 1 is 1.42 bits per heavy atom. The number of nitrogens with one attached hydrogen (secondary N) is 1. The Morgan fingerprint density at radius 2 is 2.11 bits per heavy atom. The number of primary amides is 1. The summed E-state index contributed by atoms with van der Waals surface area (Å²) in [5.41, 5.74) is 11.5. The molecule has 1 aromatic rings. The van der Waals surface area contributed by atoms with E-state index < -0.39 is 15.9 Å². The van der Waals surface area contributed by atoms with Crippen LogP contribution in [0.15, 0.2) is 23.1 Å². The summed E-state index contributed by atoms with van der Waals surface area (Å²) >= 11 is 0. The summed E-state index contributed by atoms with van der Waals surface area (Å²) in [7, 11) is -3.61. The number of rotatable bonds is 7. The Morgan fingerprint density at radius 3 is 2.68 bits per heavy atom. The van der Waals surface area contributed by atoms with E-state index in [-0.39, 0.29) is 24.7 Å².